The minimum Gasteiger partial charge on any atom is -0.380 e. The van der Waals surface area contributed by atoms with Crippen LogP contribution in [0.3, 0.4) is 0 Å². The monoisotopic (exact) mass is 475 g/mol. The molecule has 192 valence electrons. The molecule has 6 nitrogen and oxygen atoms in total. The minimum atomic E-state index is -0.308. The van der Waals surface area contributed by atoms with Crippen LogP contribution in [0.15, 0.2) is 0 Å². The summed E-state index contributed by atoms with van der Waals surface area (Å²) in [5.74, 6) is 3.97. The van der Waals surface area contributed by atoms with Crippen LogP contribution in [-0.2, 0) is 23.7 Å². The fourth-order valence-corrected chi connectivity index (χ4v) is 10.6. The predicted molar refractivity (Wildman–Crippen MR) is 127 cm³/mol. The third-order valence-corrected chi connectivity index (χ3v) is 12.2. The molecule has 0 radical (unpaired) electrons. The molecular formula is C28H45NO5. The lowest BCUT2D eigenvalue weighted by atomic mass is 9.44. The lowest BCUT2D eigenvalue weighted by Crippen LogP contribution is -2.60. The molecule has 0 aromatic rings. The maximum Gasteiger partial charge on any atom is 0.169 e. The van der Waals surface area contributed by atoms with Crippen LogP contribution in [0, 0.1) is 40.9 Å². The number of methoxy groups -OCH3 is 1. The van der Waals surface area contributed by atoms with Crippen LogP contribution >= 0.6 is 0 Å². The first kappa shape index (κ1) is 22.9. The number of nitrogens with two attached hydrogens (primary N) is 1. The molecule has 4 saturated carbocycles. The van der Waals surface area contributed by atoms with Crippen molar-refractivity contribution >= 4 is 0 Å². The molecule has 14 atom stereocenters. The van der Waals surface area contributed by atoms with Crippen molar-refractivity contribution in [3.05, 3.63) is 0 Å². The highest BCUT2D eigenvalue weighted by Gasteiger charge is 2.75. The molecule has 14 unspecified atom stereocenters. The fraction of sp³-hybridized carbons (Fsp3) is 1.00. The maximum atomic E-state index is 7.00. The van der Waals surface area contributed by atoms with Crippen molar-refractivity contribution in [2.75, 3.05) is 13.7 Å². The van der Waals surface area contributed by atoms with E-state index >= 15 is 0 Å². The first-order valence-corrected chi connectivity index (χ1v) is 14.2. The first-order valence-electron chi connectivity index (χ1n) is 14.2. The Balaban J connectivity index is 1.08. The molecule has 3 heterocycles. The Morgan fingerprint density at radius 1 is 0.941 bits per heavy atom. The third kappa shape index (κ3) is 2.96. The van der Waals surface area contributed by atoms with E-state index in [0.29, 0.717) is 23.2 Å². The summed E-state index contributed by atoms with van der Waals surface area (Å²) in [7, 11) is 1.75. The van der Waals surface area contributed by atoms with Gasteiger partial charge in [-0.05, 0) is 94.3 Å². The van der Waals surface area contributed by atoms with Gasteiger partial charge in [0.2, 0.25) is 0 Å². The summed E-state index contributed by atoms with van der Waals surface area (Å²) in [6.07, 6.45) is 10.9. The van der Waals surface area contributed by atoms with Gasteiger partial charge >= 0.3 is 0 Å². The SMILES string of the molecule is COC1CC(OC2CCC3(C)C(CCC4C3CC3COC5(C)OC46CCC5C36)C2)OC(C)C1N. The Labute approximate surface area is 204 Å². The molecule has 2 N–H and O–H groups in total. The Morgan fingerprint density at radius 3 is 2.62 bits per heavy atom. The second-order valence-corrected chi connectivity index (χ2v) is 13.4. The number of hydrogen-bond acceptors (Lipinski definition) is 6. The van der Waals surface area contributed by atoms with E-state index in [1.54, 1.807) is 7.11 Å². The Morgan fingerprint density at radius 2 is 1.79 bits per heavy atom. The molecule has 7 rings (SSSR count). The summed E-state index contributed by atoms with van der Waals surface area (Å²) in [5, 5.41) is 0. The van der Waals surface area contributed by atoms with Crippen molar-refractivity contribution in [1.82, 2.24) is 0 Å². The van der Waals surface area contributed by atoms with Gasteiger partial charge in [-0.2, -0.15) is 0 Å². The van der Waals surface area contributed by atoms with Crippen molar-refractivity contribution in [2.45, 2.75) is 121 Å². The molecular weight excluding hydrogens is 430 g/mol. The van der Waals surface area contributed by atoms with Gasteiger partial charge in [0.05, 0.1) is 36.6 Å². The molecule has 0 aromatic heterocycles. The Bertz CT molecular complexity index is 825. The van der Waals surface area contributed by atoms with Gasteiger partial charge in [-0.15, -0.1) is 0 Å². The van der Waals surface area contributed by atoms with Crippen LogP contribution in [-0.4, -0.2) is 55.7 Å². The lowest BCUT2D eigenvalue weighted by molar-refractivity contribution is -0.286. The van der Waals surface area contributed by atoms with Gasteiger partial charge < -0.3 is 29.4 Å². The van der Waals surface area contributed by atoms with E-state index in [2.05, 4.69) is 13.8 Å². The highest BCUT2D eigenvalue weighted by Crippen LogP contribution is 2.73. The van der Waals surface area contributed by atoms with E-state index in [9.17, 15) is 0 Å². The van der Waals surface area contributed by atoms with Crippen LogP contribution in [0.25, 0.3) is 0 Å². The van der Waals surface area contributed by atoms with Crippen molar-refractivity contribution < 1.29 is 23.7 Å². The topological polar surface area (TPSA) is 72.2 Å². The third-order valence-electron chi connectivity index (χ3n) is 12.2. The van der Waals surface area contributed by atoms with E-state index in [0.717, 1.165) is 43.6 Å². The largest absolute Gasteiger partial charge is 0.380 e. The van der Waals surface area contributed by atoms with Gasteiger partial charge in [0.15, 0.2) is 12.1 Å². The minimum absolute atomic E-state index is 0.00782. The summed E-state index contributed by atoms with van der Waals surface area (Å²) in [5.41, 5.74) is 6.76. The molecule has 34 heavy (non-hydrogen) atoms. The van der Waals surface area contributed by atoms with E-state index in [4.69, 9.17) is 29.4 Å². The van der Waals surface area contributed by atoms with Crippen molar-refractivity contribution in [3.63, 3.8) is 0 Å². The molecule has 0 aromatic carbocycles. The van der Waals surface area contributed by atoms with Gasteiger partial charge in [0.25, 0.3) is 0 Å². The predicted octanol–water partition coefficient (Wildman–Crippen LogP) is 4.24. The molecule has 6 heteroatoms. The Kier molecular flexibility index (Phi) is 5.15. The molecule has 7 aliphatic rings. The lowest BCUT2D eigenvalue weighted by Gasteiger charge is -2.62. The van der Waals surface area contributed by atoms with E-state index in [1.807, 2.05) is 6.92 Å². The average Bonchev–Trinajstić information content (AvgIpc) is 3.30. The van der Waals surface area contributed by atoms with Gasteiger partial charge in [-0.3, -0.25) is 0 Å². The van der Waals surface area contributed by atoms with Crippen molar-refractivity contribution in [2.24, 2.45) is 46.7 Å². The highest BCUT2D eigenvalue weighted by molar-refractivity contribution is 5.21. The Hall–Kier alpha value is -0.240. The zero-order valence-corrected chi connectivity index (χ0v) is 21.5. The first-order chi connectivity index (χ1) is 16.3. The molecule has 0 amide bonds. The molecule has 4 bridgehead atoms. The van der Waals surface area contributed by atoms with E-state index in [-0.39, 0.29) is 42.0 Å². The average molecular weight is 476 g/mol. The van der Waals surface area contributed by atoms with Crippen LogP contribution < -0.4 is 5.73 Å². The smallest absolute Gasteiger partial charge is 0.169 e. The second kappa shape index (κ2) is 7.64. The number of hydrogen-bond donors (Lipinski definition) is 1. The summed E-state index contributed by atoms with van der Waals surface area (Å²) in [6.45, 7) is 7.82. The molecule has 4 aliphatic carbocycles. The second-order valence-electron chi connectivity index (χ2n) is 13.4. The van der Waals surface area contributed by atoms with Crippen LogP contribution in [0.1, 0.15) is 78.6 Å². The molecule has 3 aliphatic heterocycles. The summed E-state index contributed by atoms with van der Waals surface area (Å²) in [4.78, 5) is 0. The molecule has 0 spiro atoms. The maximum absolute atomic E-state index is 7.00. The van der Waals surface area contributed by atoms with Crippen LogP contribution in [0.4, 0.5) is 0 Å². The van der Waals surface area contributed by atoms with Gasteiger partial charge in [0.1, 0.15) is 0 Å². The van der Waals surface area contributed by atoms with Crippen molar-refractivity contribution in [1.29, 1.82) is 0 Å². The van der Waals surface area contributed by atoms with Gasteiger partial charge in [-0.25, -0.2) is 0 Å². The number of fused-ring (bicyclic) bond motifs is 3. The molecule has 3 saturated heterocycles. The van der Waals surface area contributed by atoms with Crippen LogP contribution in [0.5, 0.6) is 0 Å². The number of rotatable bonds is 3. The zero-order chi connectivity index (χ0) is 23.5. The summed E-state index contributed by atoms with van der Waals surface area (Å²) in [6, 6.07) is -0.0845. The zero-order valence-electron chi connectivity index (χ0n) is 21.5. The fourth-order valence-electron chi connectivity index (χ4n) is 10.6. The number of ether oxygens (including phenoxy) is 5. The molecule has 7 fully saturated rings. The van der Waals surface area contributed by atoms with Gasteiger partial charge in [0, 0.05) is 25.4 Å². The van der Waals surface area contributed by atoms with E-state index < -0.39 is 0 Å². The normalized spacial score (nSPS) is 62.2. The summed E-state index contributed by atoms with van der Waals surface area (Å²) >= 11 is 0. The standard InChI is InChI=1S/C28H45NO5/c1-15-25(29)22(30-4)13-23(32-15)33-18-7-9-26(2)17(12-18)5-6-19-21(26)11-16-14-31-27(3)20-8-10-28(19,34-27)24(16)20/h15-25H,5-14,29H2,1-4H3. The quantitative estimate of drug-likeness (QED) is 0.616. The van der Waals surface area contributed by atoms with E-state index in [1.165, 1.54) is 38.5 Å². The summed E-state index contributed by atoms with van der Waals surface area (Å²) < 4.78 is 31.8. The van der Waals surface area contributed by atoms with Crippen molar-refractivity contribution in [3.8, 4) is 0 Å². The highest BCUT2D eigenvalue weighted by atomic mass is 16.7. The van der Waals surface area contributed by atoms with Gasteiger partial charge in [-0.1, -0.05) is 6.92 Å². The van der Waals surface area contributed by atoms with Crippen LogP contribution in [0.2, 0.25) is 0 Å².